The van der Waals surface area contributed by atoms with Crippen molar-refractivity contribution in [3.05, 3.63) is 47.8 Å². The van der Waals surface area contributed by atoms with Gasteiger partial charge in [0.2, 0.25) is 0 Å². The Balaban J connectivity index is 1.78. The Kier molecular flexibility index (Phi) is 4.49. The SMILES string of the molecule is CCCn1ncnc1CN1CC(O)CC1c1ccc(F)cc1. The molecule has 5 nitrogen and oxygen atoms in total. The standard InChI is InChI=1S/C16H21FN4O/c1-2-7-21-16(18-11-19-21)10-20-9-14(22)8-15(20)12-3-5-13(17)6-4-12/h3-6,11,14-15,22H,2,7-10H2,1H3. The monoisotopic (exact) mass is 304 g/mol. The molecule has 6 heteroatoms. The molecular formula is C16H21FN4O. The first-order valence-corrected chi connectivity index (χ1v) is 7.71. The third-order valence-corrected chi connectivity index (χ3v) is 4.11. The molecule has 0 radical (unpaired) electrons. The van der Waals surface area contributed by atoms with Crippen molar-refractivity contribution in [2.45, 2.75) is 45.0 Å². The molecule has 1 N–H and O–H groups in total. The Labute approximate surface area is 129 Å². The summed E-state index contributed by atoms with van der Waals surface area (Å²) in [5, 5.41) is 14.3. The van der Waals surface area contributed by atoms with Crippen LogP contribution in [0.5, 0.6) is 0 Å². The third kappa shape index (κ3) is 3.18. The first-order valence-electron chi connectivity index (χ1n) is 7.71. The molecule has 0 spiro atoms. The van der Waals surface area contributed by atoms with E-state index in [1.54, 1.807) is 18.5 Å². The van der Waals surface area contributed by atoms with Crippen molar-refractivity contribution in [2.24, 2.45) is 0 Å². The van der Waals surface area contributed by atoms with Gasteiger partial charge >= 0.3 is 0 Å². The third-order valence-electron chi connectivity index (χ3n) is 4.11. The van der Waals surface area contributed by atoms with Gasteiger partial charge < -0.3 is 5.11 Å². The molecule has 0 amide bonds. The number of likely N-dealkylation sites (tertiary alicyclic amines) is 1. The summed E-state index contributed by atoms with van der Waals surface area (Å²) >= 11 is 0. The van der Waals surface area contributed by atoms with Crippen LogP contribution in [0.4, 0.5) is 4.39 Å². The topological polar surface area (TPSA) is 54.2 Å². The van der Waals surface area contributed by atoms with Crippen LogP contribution in [0.3, 0.4) is 0 Å². The Bertz CT molecular complexity index is 613. The van der Waals surface area contributed by atoms with E-state index in [2.05, 4.69) is 21.9 Å². The number of aromatic nitrogens is 3. The predicted octanol–water partition coefficient (Wildman–Crippen LogP) is 2.14. The summed E-state index contributed by atoms with van der Waals surface area (Å²) in [7, 11) is 0. The Hall–Kier alpha value is -1.79. The summed E-state index contributed by atoms with van der Waals surface area (Å²) in [4.78, 5) is 6.52. The van der Waals surface area contributed by atoms with Gasteiger partial charge in [-0.2, -0.15) is 5.10 Å². The highest BCUT2D eigenvalue weighted by Crippen LogP contribution is 2.33. The zero-order valence-electron chi connectivity index (χ0n) is 12.7. The Morgan fingerprint density at radius 2 is 2.09 bits per heavy atom. The predicted molar refractivity (Wildman–Crippen MR) is 80.5 cm³/mol. The van der Waals surface area contributed by atoms with E-state index in [-0.39, 0.29) is 18.0 Å². The van der Waals surface area contributed by atoms with Gasteiger partial charge in [0.15, 0.2) is 0 Å². The molecule has 2 atom stereocenters. The van der Waals surface area contributed by atoms with Crippen molar-refractivity contribution in [2.75, 3.05) is 6.54 Å². The lowest BCUT2D eigenvalue weighted by Crippen LogP contribution is -2.26. The van der Waals surface area contributed by atoms with Crippen molar-refractivity contribution in [1.82, 2.24) is 19.7 Å². The van der Waals surface area contributed by atoms with Gasteiger partial charge in [0.25, 0.3) is 0 Å². The van der Waals surface area contributed by atoms with Crippen LogP contribution in [-0.4, -0.2) is 37.4 Å². The van der Waals surface area contributed by atoms with E-state index in [4.69, 9.17) is 0 Å². The number of benzene rings is 1. The van der Waals surface area contributed by atoms with Gasteiger partial charge in [-0.15, -0.1) is 0 Å². The van der Waals surface area contributed by atoms with E-state index in [9.17, 15) is 9.50 Å². The summed E-state index contributed by atoms with van der Waals surface area (Å²) in [6, 6.07) is 6.61. The second-order valence-electron chi connectivity index (χ2n) is 5.79. The van der Waals surface area contributed by atoms with Crippen LogP contribution in [0.25, 0.3) is 0 Å². The zero-order chi connectivity index (χ0) is 15.5. The van der Waals surface area contributed by atoms with Crippen molar-refractivity contribution in [3.8, 4) is 0 Å². The van der Waals surface area contributed by atoms with Gasteiger partial charge in [0, 0.05) is 19.1 Å². The molecule has 118 valence electrons. The van der Waals surface area contributed by atoms with Crippen molar-refractivity contribution >= 4 is 0 Å². The summed E-state index contributed by atoms with van der Waals surface area (Å²) in [6.07, 6.45) is 2.87. The molecule has 0 bridgehead atoms. The molecular weight excluding hydrogens is 283 g/mol. The molecule has 1 aromatic carbocycles. The largest absolute Gasteiger partial charge is 0.392 e. The first-order chi connectivity index (χ1) is 10.7. The highest BCUT2D eigenvalue weighted by molar-refractivity contribution is 5.21. The molecule has 22 heavy (non-hydrogen) atoms. The number of rotatable bonds is 5. The molecule has 3 rings (SSSR count). The Morgan fingerprint density at radius 1 is 1.32 bits per heavy atom. The summed E-state index contributed by atoms with van der Waals surface area (Å²) in [5.74, 6) is 0.666. The summed E-state index contributed by atoms with van der Waals surface area (Å²) in [5.41, 5.74) is 1.03. The molecule has 0 aliphatic carbocycles. The van der Waals surface area contributed by atoms with Crippen LogP contribution in [-0.2, 0) is 13.1 Å². The number of β-amino-alcohol motifs (C(OH)–C–C–N with tert-alkyl or cyclic N) is 1. The molecule has 1 aliphatic rings. The van der Waals surface area contributed by atoms with Gasteiger partial charge in [-0.1, -0.05) is 19.1 Å². The first kappa shape index (κ1) is 15.1. The number of halogens is 1. The molecule has 2 unspecified atom stereocenters. The van der Waals surface area contributed by atoms with Crippen molar-refractivity contribution in [1.29, 1.82) is 0 Å². The lowest BCUT2D eigenvalue weighted by atomic mass is 10.0. The van der Waals surface area contributed by atoms with Crippen LogP contribution in [0.1, 0.15) is 37.2 Å². The fraction of sp³-hybridized carbons (Fsp3) is 0.500. The number of hydrogen-bond donors (Lipinski definition) is 1. The van der Waals surface area contributed by atoms with Crippen LogP contribution in [0, 0.1) is 5.82 Å². The molecule has 1 saturated heterocycles. The highest BCUT2D eigenvalue weighted by atomic mass is 19.1. The maximum Gasteiger partial charge on any atom is 0.141 e. The van der Waals surface area contributed by atoms with Gasteiger partial charge in [0.05, 0.1) is 12.6 Å². The maximum absolute atomic E-state index is 13.1. The summed E-state index contributed by atoms with van der Waals surface area (Å²) < 4.78 is 15.0. The Morgan fingerprint density at radius 3 is 2.82 bits per heavy atom. The van der Waals surface area contributed by atoms with Crippen LogP contribution in [0.15, 0.2) is 30.6 Å². The van der Waals surface area contributed by atoms with E-state index in [0.717, 1.165) is 24.4 Å². The molecule has 0 saturated carbocycles. The molecule has 2 heterocycles. The van der Waals surface area contributed by atoms with Crippen LogP contribution < -0.4 is 0 Å². The number of aliphatic hydroxyl groups excluding tert-OH is 1. The average molecular weight is 304 g/mol. The number of nitrogens with zero attached hydrogens (tertiary/aromatic N) is 4. The van der Waals surface area contributed by atoms with E-state index >= 15 is 0 Å². The second kappa shape index (κ2) is 6.54. The van der Waals surface area contributed by atoms with E-state index in [1.807, 2.05) is 4.68 Å². The van der Waals surface area contributed by atoms with Gasteiger partial charge in [-0.25, -0.2) is 14.1 Å². The molecule has 1 aromatic heterocycles. The summed E-state index contributed by atoms with van der Waals surface area (Å²) in [6.45, 7) is 4.18. The zero-order valence-corrected chi connectivity index (χ0v) is 12.7. The maximum atomic E-state index is 13.1. The normalized spacial score (nSPS) is 22.3. The minimum atomic E-state index is -0.363. The van der Waals surface area contributed by atoms with E-state index in [1.165, 1.54) is 12.1 Å². The van der Waals surface area contributed by atoms with Crippen molar-refractivity contribution in [3.63, 3.8) is 0 Å². The van der Waals surface area contributed by atoms with E-state index in [0.29, 0.717) is 19.5 Å². The van der Waals surface area contributed by atoms with Gasteiger partial charge in [0.1, 0.15) is 18.0 Å². The minimum Gasteiger partial charge on any atom is -0.392 e. The van der Waals surface area contributed by atoms with Gasteiger partial charge in [-0.3, -0.25) is 4.90 Å². The lowest BCUT2D eigenvalue weighted by Gasteiger charge is -2.24. The average Bonchev–Trinajstić information content (AvgIpc) is 3.08. The quantitative estimate of drug-likeness (QED) is 0.919. The fourth-order valence-electron chi connectivity index (χ4n) is 3.08. The molecule has 1 fully saturated rings. The lowest BCUT2D eigenvalue weighted by molar-refractivity contribution is 0.170. The molecule has 2 aromatic rings. The van der Waals surface area contributed by atoms with Crippen molar-refractivity contribution < 1.29 is 9.50 Å². The number of aliphatic hydroxyl groups is 1. The van der Waals surface area contributed by atoms with E-state index < -0.39 is 0 Å². The number of hydrogen-bond acceptors (Lipinski definition) is 4. The van der Waals surface area contributed by atoms with Gasteiger partial charge in [-0.05, 0) is 30.5 Å². The minimum absolute atomic E-state index is 0.0855. The van der Waals surface area contributed by atoms with Crippen LogP contribution >= 0.6 is 0 Å². The smallest absolute Gasteiger partial charge is 0.141 e. The highest BCUT2D eigenvalue weighted by Gasteiger charge is 2.32. The fourth-order valence-corrected chi connectivity index (χ4v) is 3.08. The van der Waals surface area contributed by atoms with Crippen LogP contribution in [0.2, 0.25) is 0 Å². The number of aryl methyl sites for hydroxylation is 1. The second-order valence-corrected chi connectivity index (χ2v) is 5.79. The molecule has 1 aliphatic heterocycles.